The van der Waals surface area contributed by atoms with Gasteiger partial charge in [-0.1, -0.05) is 23.7 Å². The van der Waals surface area contributed by atoms with Crippen LogP contribution >= 0.6 is 11.6 Å². The first kappa shape index (κ1) is 19.5. The summed E-state index contributed by atoms with van der Waals surface area (Å²) in [5.74, 6) is 2.35. The molecule has 0 saturated carbocycles. The molecule has 0 N–H and O–H groups in total. The van der Waals surface area contributed by atoms with Crippen molar-refractivity contribution in [3.63, 3.8) is 0 Å². The Kier molecular flexibility index (Phi) is 5.54. The van der Waals surface area contributed by atoms with Gasteiger partial charge in [0.05, 0.1) is 27.4 Å². The Morgan fingerprint density at radius 1 is 0.828 bits per heavy atom. The predicted molar refractivity (Wildman–Crippen MR) is 117 cm³/mol. The molecule has 0 aromatic heterocycles. The highest BCUT2D eigenvalue weighted by molar-refractivity contribution is 6.30. The summed E-state index contributed by atoms with van der Waals surface area (Å²) in [6, 6.07) is 20.5. The number of hydrogen-bond donors (Lipinski definition) is 0. The van der Waals surface area contributed by atoms with Gasteiger partial charge in [-0.2, -0.15) is 0 Å². The van der Waals surface area contributed by atoms with E-state index in [9.17, 15) is 0 Å². The quantitative estimate of drug-likeness (QED) is 0.555. The molecule has 4 nitrogen and oxygen atoms in total. The first-order valence-corrected chi connectivity index (χ1v) is 9.93. The number of halogens is 1. The molecule has 5 heteroatoms. The van der Waals surface area contributed by atoms with Crippen LogP contribution in [0.15, 0.2) is 60.7 Å². The van der Waals surface area contributed by atoms with Crippen molar-refractivity contribution in [3.8, 4) is 17.2 Å². The number of nitrogens with zero attached hydrogens (tertiary/aromatic N) is 1. The van der Waals surface area contributed by atoms with E-state index < -0.39 is 0 Å². The lowest BCUT2D eigenvalue weighted by molar-refractivity contribution is 0.353. The lowest BCUT2D eigenvalue weighted by atomic mass is 9.87. The molecule has 0 aliphatic carbocycles. The third-order valence-corrected chi connectivity index (χ3v) is 5.72. The zero-order chi connectivity index (χ0) is 20.4. The molecule has 0 bridgehead atoms. The van der Waals surface area contributed by atoms with Crippen molar-refractivity contribution in [3.05, 3.63) is 82.4 Å². The number of anilines is 1. The number of rotatable bonds is 5. The van der Waals surface area contributed by atoms with Crippen LogP contribution in [0.2, 0.25) is 5.02 Å². The van der Waals surface area contributed by atoms with E-state index in [1.165, 1.54) is 16.7 Å². The van der Waals surface area contributed by atoms with Crippen LogP contribution in [0, 0.1) is 0 Å². The summed E-state index contributed by atoms with van der Waals surface area (Å²) < 4.78 is 16.5. The summed E-state index contributed by atoms with van der Waals surface area (Å²) in [7, 11) is 5.03. The Hall–Kier alpha value is -2.85. The molecular weight excluding hydrogens is 386 g/mol. The van der Waals surface area contributed by atoms with Crippen LogP contribution in [0.3, 0.4) is 0 Å². The molecule has 0 saturated heterocycles. The Morgan fingerprint density at radius 2 is 1.48 bits per heavy atom. The van der Waals surface area contributed by atoms with Crippen molar-refractivity contribution in [2.75, 3.05) is 32.8 Å². The van der Waals surface area contributed by atoms with Gasteiger partial charge in [-0.25, -0.2) is 0 Å². The van der Waals surface area contributed by atoms with Crippen molar-refractivity contribution in [2.45, 2.75) is 12.5 Å². The Balaban J connectivity index is 1.85. The maximum atomic E-state index is 6.16. The lowest BCUT2D eigenvalue weighted by Crippen LogP contribution is -2.36. The fourth-order valence-corrected chi connectivity index (χ4v) is 4.13. The van der Waals surface area contributed by atoms with Gasteiger partial charge >= 0.3 is 0 Å². The monoisotopic (exact) mass is 409 g/mol. The van der Waals surface area contributed by atoms with E-state index >= 15 is 0 Å². The van der Waals surface area contributed by atoms with Crippen molar-refractivity contribution < 1.29 is 14.2 Å². The molecule has 1 aliphatic rings. The van der Waals surface area contributed by atoms with Crippen molar-refractivity contribution >= 4 is 17.3 Å². The van der Waals surface area contributed by atoms with Crippen LogP contribution in [0.4, 0.5) is 5.69 Å². The summed E-state index contributed by atoms with van der Waals surface area (Å²) in [6.07, 6.45) is 0.922. The van der Waals surface area contributed by atoms with E-state index in [1.807, 2.05) is 24.3 Å². The summed E-state index contributed by atoms with van der Waals surface area (Å²) >= 11 is 6.16. The standard InChI is InChI=1S/C24H24ClNO3/c1-27-20-10-8-19(9-11-20)26-13-12-17-14-22(28-2)23(29-3)15-21(17)24(26)16-4-6-18(25)7-5-16/h4-11,14-15,24H,12-13H2,1-3H3. The van der Waals surface area contributed by atoms with E-state index in [-0.39, 0.29) is 6.04 Å². The molecule has 3 aromatic carbocycles. The SMILES string of the molecule is COc1ccc(N2CCc3cc(OC)c(OC)cc3C2c2ccc(Cl)cc2)cc1. The van der Waals surface area contributed by atoms with Gasteiger partial charge in [0.25, 0.3) is 0 Å². The number of ether oxygens (including phenoxy) is 3. The highest BCUT2D eigenvalue weighted by atomic mass is 35.5. The van der Waals surface area contributed by atoms with Crippen LogP contribution in [0.1, 0.15) is 22.7 Å². The first-order valence-electron chi connectivity index (χ1n) is 9.55. The number of methoxy groups -OCH3 is 3. The molecule has 150 valence electrons. The number of benzene rings is 3. The molecule has 0 amide bonds. The van der Waals surface area contributed by atoms with E-state index in [4.69, 9.17) is 25.8 Å². The first-order chi connectivity index (χ1) is 14.1. The molecule has 0 fully saturated rings. The summed E-state index contributed by atoms with van der Waals surface area (Å²) in [6.45, 7) is 0.891. The summed E-state index contributed by atoms with van der Waals surface area (Å²) in [5.41, 5.74) is 4.81. The molecule has 0 radical (unpaired) electrons. The van der Waals surface area contributed by atoms with E-state index in [2.05, 4.69) is 41.3 Å². The molecule has 1 aliphatic heterocycles. The van der Waals surface area contributed by atoms with Crippen LogP contribution in [0.25, 0.3) is 0 Å². The Morgan fingerprint density at radius 3 is 2.10 bits per heavy atom. The van der Waals surface area contributed by atoms with Crippen molar-refractivity contribution in [1.29, 1.82) is 0 Å². The summed E-state index contributed by atoms with van der Waals surface area (Å²) in [5, 5.41) is 0.730. The van der Waals surface area contributed by atoms with Crippen LogP contribution in [0.5, 0.6) is 17.2 Å². The summed E-state index contributed by atoms with van der Waals surface area (Å²) in [4.78, 5) is 2.41. The minimum Gasteiger partial charge on any atom is -0.497 e. The van der Waals surface area contributed by atoms with Crippen LogP contribution in [-0.2, 0) is 6.42 Å². The maximum absolute atomic E-state index is 6.16. The van der Waals surface area contributed by atoms with Crippen molar-refractivity contribution in [1.82, 2.24) is 0 Å². The molecule has 29 heavy (non-hydrogen) atoms. The Labute approximate surface area is 176 Å². The third kappa shape index (κ3) is 3.73. The highest BCUT2D eigenvalue weighted by Crippen LogP contribution is 2.43. The second-order valence-corrected chi connectivity index (χ2v) is 7.44. The topological polar surface area (TPSA) is 30.9 Å². The molecule has 0 spiro atoms. The normalized spacial score (nSPS) is 15.6. The lowest BCUT2D eigenvalue weighted by Gasteiger charge is -2.40. The predicted octanol–water partition coefficient (Wildman–Crippen LogP) is 5.52. The maximum Gasteiger partial charge on any atom is 0.161 e. The molecule has 3 aromatic rings. The minimum atomic E-state index is 0.0456. The molecule has 1 heterocycles. The van der Waals surface area contributed by atoms with Gasteiger partial charge in [0.1, 0.15) is 5.75 Å². The van der Waals surface area contributed by atoms with Gasteiger partial charge in [-0.05, 0) is 71.6 Å². The van der Waals surface area contributed by atoms with Gasteiger partial charge in [0.15, 0.2) is 11.5 Å². The molecular formula is C24H24ClNO3. The van der Waals surface area contributed by atoms with Gasteiger partial charge < -0.3 is 19.1 Å². The molecule has 1 unspecified atom stereocenters. The second kappa shape index (κ2) is 8.26. The number of fused-ring (bicyclic) bond motifs is 1. The molecule has 4 rings (SSSR count). The second-order valence-electron chi connectivity index (χ2n) is 7.00. The van der Waals surface area contributed by atoms with Gasteiger partial charge in [-0.3, -0.25) is 0 Å². The Bertz CT molecular complexity index is 986. The van der Waals surface area contributed by atoms with Crippen LogP contribution < -0.4 is 19.1 Å². The largest absolute Gasteiger partial charge is 0.497 e. The highest BCUT2D eigenvalue weighted by Gasteiger charge is 2.30. The van der Waals surface area contributed by atoms with Gasteiger partial charge in [0.2, 0.25) is 0 Å². The fourth-order valence-electron chi connectivity index (χ4n) is 4.00. The van der Waals surface area contributed by atoms with Gasteiger partial charge in [-0.15, -0.1) is 0 Å². The average molecular weight is 410 g/mol. The van der Waals surface area contributed by atoms with Gasteiger partial charge in [0, 0.05) is 17.3 Å². The number of hydrogen-bond acceptors (Lipinski definition) is 4. The average Bonchev–Trinajstić information content (AvgIpc) is 2.78. The van der Waals surface area contributed by atoms with E-state index in [0.717, 1.165) is 40.9 Å². The third-order valence-electron chi connectivity index (χ3n) is 5.46. The van der Waals surface area contributed by atoms with Crippen molar-refractivity contribution in [2.24, 2.45) is 0 Å². The van der Waals surface area contributed by atoms with E-state index in [1.54, 1.807) is 21.3 Å². The van der Waals surface area contributed by atoms with Crippen LogP contribution in [-0.4, -0.2) is 27.9 Å². The van der Waals surface area contributed by atoms with E-state index in [0.29, 0.717) is 0 Å². The smallest absolute Gasteiger partial charge is 0.161 e. The molecule has 1 atom stereocenters. The zero-order valence-electron chi connectivity index (χ0n) is 16.8. The minimum absolute atomic E-state index is 0.0456. The fraction of sp³-hybridized carbons (Fsp3) is 0.250. The zero-order valence-corrected chi connectivity index (χ0v) is 17.6.